The highest BCUT2D eigenvalue weighted by molar-refractivity contribution is 14.1. The molecule has 0 radical (unpaired) electrons. The van der Waals surface area contributed by atoms with E-state index in [0.29, 0.717) is 15.7 Å². The Morgan fingerprint density at radius 1 is 0.911 bits per heavy atom. The molecule has 2 aliphatic rings. The number of alkyl carbamates (subject to hydrolysis) is 1. The number of carbonyl (C=O) groups excluding carboxylic acids is 4. The van der Waals surface area contributed by atoms with Crippen LogP contribution in [0.4, 0.5) is 4.79 Å². The van der Waals surface area contributed by atoms with Crippen molar-refractivity contribution >= 4 is 58.2 Å². The number of hydrogen-bond donors (Lipinski definition) is 2. The van der Waals surface area contributed by atoms with Gasteiger partial charge in [0.25, 0.3) is 5.91 Å². The average molecular weight is 740 g/mol. The van der Waals surface area contributed by atoms with E-state index in [4.69, 9.17) is 9.47 Å². The Bertz CT molecular complexity index is 1540. The smallest absolute Gasteiger partial charge is 0.408 e. The molecular formula is C34H34IN3O6S. The summed E-state index contributed by atoms with van der Waals surface area (Å²) in [6, 6.07) is 25.7. The predicted octanol–water partition coefficient (Wildman–Crippen LogP) is 5.67. The van der Waals surface area contributed by atoms with Crippen LogP contribution < -0.4 is 10.6 Å². The molecule has 2 heterocycles. The fourth-order valence-electron chi connectivity index (χ4n) is 5.13. The maximum atomic E-state index is 13.9. The summed E-state index contributed by atoms with van der Waals surface area (Å²) in [6.07, 6.45) is -1.43. The summed E-state index contributed by atoms with van der Waals surface area (Å²) in [6.45, 7) is 5.19. The van der Waals surface area contributed by atoms with Crippen molar-refractivity contribution in [3.8, 4) is 0 Å². The van der Waals surface area contributed by atoms with Gasteiger partial charge in [-0.3, -0.25) is 14.5 Å². The third kappa shape index (κ3) is 7.52. The largest absolute Gasteiger partial charge is 0.448 e. The summed E-state index contributed by atoms with van der Waals surface area (Å²) < 4.78 is 12.1. The average Bonchev–Trinajstić information content (AvgIpc) is 3.04. The summed E-state index contributed by atoms with van der Waals surface area (Å²) in [5, 5.41) is 4.94. The van der Waals surface area contributed by atoms with Gasteiger partial charge in [0.2, 0.25) is 5.91 Å². The Morgan fingerprint density at radius 2 is 1.44 bits per heavy atom. The second kappa shape index (κ2) is 14.1. The van der Waals surface area contributed by atoms with Crippen LogP contribution in [0.3, 0.4) is 0 Å². The van der Waals surface area contributed by atoms with Crippen LogP contribution in [-0.2, 0) is 23.9 Å². The van der Waals surface area contributed by atoms with Crippen molar-refractivity contribution in [2.24, 2.45) is 0 Å². The normalized spacial score (nSPS) is 18.4. The molecule has 9 nitrogen and oxygen atoms in total. The van der Waals surface area contributed by atoms with Gasteiger partial charge in [0.1, 0.15) is 28.8 Å². The molecule has 3 amide bonds. The molecule has 0 aliphatic carbocycles. The van der Waals surface area contributed by atoms with Crippen LogP contribution in [0.1, 0.15) is 49.6 Å². The van der Waals surface area contributed by atoms with E-state index >= 15 is 0 Å². The number of amides is 3. The second-order valence-corrected chi connectivity index (χ2v) is 13.4. The molecule has 0 saturated carbocycles. The molecule has 0 bridgehead atoms. The van der Waals surface area contributed by atoms with E-state index in [-0.39, 0.29) is 5.70 Å². The monoisotopic (exact) mass is 739 g/mol. The number of fused-ring (bicyclic) bond motifs is 1. The molecule has 1 unspecified atom stereocenters. The van der Waals surface area contributed by atoms with Crippen molar-refractivity contribution in [2.45, 2.75) is 49.9 Å². The molecule has 3 aromatic carbocycles. The van der Waals surface area contributed by atoms with Crippen LogP contribution in [0.15, 0.2) is 102 Å². The topological polar surface area (TPSA) is 114 Å². The molecule has 45 heavy (non-hydrogen) atoms. The van der Waals surface area contributed by atoms with E-state index in [1.807, 2.05) is 60.7 Å². The summed E-state index contributed by atoms with van der Waals surface area (Å²) in [4.78, 5) is 55.2. The van der Waals surface area contributed by atoms with Crippen molar-refractivity contribution in [1.29, 1.82) is 0 Å². The van der Waals surface area contributed by atoms with Crippen molar-refractivity contribution in [1.82, 2.24) is 15.5 Å². The number of hydrogen-bond acceptors (Lipinski definition) is 7. The molecule has 2 N–H and O–H groups in total. The lowest BCUT2D eigenvalue weighted by molar-refractivity contribution is -0.154. The number of carbonyl (C=O) groups is 4. The number of esters is 1. The van der Waals surface area contributed by atoms with E-state index < -0.39 is 53.0 Å². The first kappa shape index (κ1) is 32.6. The van der Waals surface area contributed by atoms with Gasteiger partial charge in [-0.2, -0.15) is 0 Å². The summed E-state index contributed by atoms with van der Waals surface area (Å²) in [5.74, 6) is -1.09. The minimum Gasteiger partial charge on any atom is -0.448 e. The number of rotatable bonds is 9. The van der Waals surface area contributed by atoms with Crippen LogP contribution in [0, 0.1) is 0 Å². The maximum Gasteiger partial charge on any atom is 0.408 e. The number of β-lactam (4-membered cyclic amide) rings is 1. The van der Waals surface area contributed by atoms with Gasteiger partial charge in [0.05, 0.1) is 0 Å². The lowest BCUT2D eigenvalue weighted by Gasteiger charge is -2.50. The standard InChI is InChI=1S/C34H34IN3O6S/c1-34(2,3)44-33(42)37-25(21-13-7-4-8-14-21)29(39)36-26-30(40)38-27(24(19-35)20-45-31(26)38)32(41)43-28(22-15-9-5-10-16-22)23-17-11-6-12-18-23/h4-18,25-26,28,31H,19-20H2,1-3H3,(H,36,39)(H,37,42)/t25?,26-,31-/m1/s1. The highest BCUT2D eigenvalue weighted by atomic mass is 127. The molecule has 11 heteroatoms. The van der Waals surface area contributed by atoms with E-state index in [9.17, 15) is 19.2 Å². The predicted molar refractivity (Wildman–Crippen MR) is 180 cm³/mol. The lowest BCUT2D eigenvalue weighted by atomic mass is 10.00. The Morgan fingerprint density at radius 3 is 1.96 bits per heavy atom. The second-order valence-electron chi connectivity index (χ2n) is 11.6. The van der Waals surface area contributed by atoms with Crippen LogP contribution in [0.25, 0.3) is 0 Å². The van der Waals surface area contributed by atoms with Crippen molar-refractivity contribution in [3.63, 3.8) is 0 Å². The molecule has 3 aromatic rings. The highest BCUT2D eigenvalue weighted by Crippen LogP contribution is 2.42. The molecule has 0 spiro atoms. The number of halogens is 1. The van der Waals surface area contributed by atoms with Crippen molar-refractivity contribution in [3.05, 3.63) is 119 Å². The zero-order chi connectivity index (χ0) is 32.1. The molecule has 5 rings (SSSR count). The maximum absolute atomic E-state index is 13.9. The molecule has 3 atom stereocenters. The van der Waals surface area contributed by atoms with Crippen LogP contribution >= 0.6 is 34.4 Å². The number of thioether (sulfide) groups is 1. The molecule has 1 saturated heterocycles. The number of alkyl halides is 1. The van der Waals surface area contributed by atoms with Crippen molar-refractivity contribution < 1.29 is 28.7 Å². The van der Waals surface area contributed by atoms with Gasteiger partial charge >= 0.3 is 12.1 Å². The van der Waals surface area contributed by atoms with Crippen LogP contribution in [-0.4, -0.2) is 56.0 Å². The number of nitrogens with one attached hydrogen (secondary N) is 2. The van der Waals surface area contributed by atoms with Gasteiger partial charge < -0.3 is 20.1 Å². The van der Waals surface area contributed by atoms with E-state index in [2.05, 4.69) is 33.2 Å². The highest BCUT2D eigenvalue weighted by Gasteiger charge is 2.55. The minimum atomic E-state index is -1.10. The third-order valence-electron chi connectivity index (χ3n) is 7.19. The van der Waals surface area contributed by atoms with Crippen LogP contribution in [0.5, 0.6) is 0 Å². The molecule has 234 valence electrons. The number of ether oxygens (including phenoxy) is 2. The Kier molecular flexibility index (Phi) is 10.2. The third-order valence-corrected chi connectivity index (χ3v) is 9.45. The molecule has 0 aromatic heterocycles. The first-order valence-corrected chi connectivity index (χ1v) is 17.0. The molecule has 2 aliphatic heterocycles. The van der Waals surface area contributed by atoms with Gasteiger partial charge in [-0.25, -0.2) is 9.59 Å². The molecule has 1 fully saturated rings. The van der Waals surface area contributed by atoms with E-state index in [0.717, 1.165) is 16.7 Å². The summed E-state index contributed by atoms with van der Waals surface area (Å²) >= 11 is 3.65. The fourth-order valence-corrected chi connectivity index (χ4v) is 7.47. The van der Waals surface area contributed by atoms with Crippen molar-refractivity contribution in [2.75, 3.05) is 10.2 Å². The number of nitrogens with zero attached hydrogens (tertiary/aromatic N) is 1. The van der Waals surface area contributed by atoms with E-state index in [1.165, 1.54) is 16.7 Å². The zero-order valence-electron chi connectivity index (χ0n) is 25.1. The lowest BCUT2D eigenvalue weighted by Crippen LogP contribution is -2.71. The fraction of sp³-hybridized carbons (Fsp3) is 0.294. The Balaban J connectivity index is 1.35. The SMILES string of the molecule is CC(C)(C)OC(=O)NC(C(=O)N[C@@H]1C(=O)N2C(C(=O)OC(c3ccccc3)c3ccccc3)=C(CI)CS[C@H]12)c1ccccc1. The first-order valence-electron chi connectivity index (χ1n) is 14.5. The Hall–Kier alpha value is -3.84. The van der Waals surface area contributed by atoms with Gasteiger partial charge in [0.15, 0.2) is 6.10 Å². The van der Waals surface area contributed by atoms with Gasteiger partial charge in [-0.1, -0.05) is 114 Å². The van der Waals surface area contributed by atoms with Gasteiger partial charge in [-0.05, 0) is 43.0 Å². The minimum absolute atomic E-state index is 0.215. The number of benzene rings is 3. The summed E-state index contributed by atoms with van der Waals surface area (Å²) in [5.41, 5.74) is 2.38. The van der Waals surface area contributed by atoms with Gasteiger partial charge in [-0.15, -0.1) is 11.8 Å². The first-order chi connectivity index (χ1) is 21.6. The van der Waals surface area contributed by atoms with Crippen LogP contribution in [0.2, 0.25) is 0 Å². The van der Waals surface area contributed by atoms with E-state index in [1.54, 1.807) is 51.1 Å². The summed E-state index contributed by atoms with van der Waals surface area (Å²) in [7, 11) is 0. The zero-order valence-corrected chi connectivity index (χ0v) is 28.0. The quantitative estimate of drug-likeness (QED) is 0.126. The molecular weight excluding hydrogens is 705 g/mol. The van der Waals surface area contributed by atoms with Gasteiger partial charge in [0, 0.05) is 10.2 Å². The Labute approximate surface area is 280 Å².